The average molecular weight is 301 g/mol. The fourth-order valence-electron chi connectivity index (χ4n) is 2.61. The number of halogens is 3. The van der Waals surface area contributed by atoms with Gasteiger partial charge in [-0.3, -0.25) is 4.79 Å². The number of hydrogen-bond acceptors (Lipinski definition) is 3. The fourth-order valence-corrected chi connectivity index (χ4v) is 2.61. The van der Waals surface area contributed by atoms with E-state index in [0.717, 1.165) is 38.1 Å². The molecule has 21 heavy (non-hydrogen) atoms. The Labute approximate surface area is 121 Å². The van der Waals surface area contributed by atoms with Gasteiger partial charge in [-0.2, -0.15) is 13.2 Å². The van der Waals surface area contributed by atoms with Gasteiger partial charge < -0.3 is 9.64 Å². The van der Waals surface area contributed by atoms with Crippen molar-refractivity contribution in [2.24, 2.45) is 0 Å². The van der Waals surface area contributed by atoms with Crippen LogP contribution in [0.4, 0.5) is 13.2 Å². The van der Waals surface area contributed by atoms with E-state index in [1.807, 2.05) is 0 Å². The molecule has 1 aliphatic rings. The van der Waals surface area contributed by atoms with Crippen molar-refractivity contribution in [1.29, 1.82) is 0 Å². The highest BCUT2D eigenvalue weighted by atomic mass is 19.4. The lowest BCUT2D eigenvalue weighted by Gasteiger charge is -2.22. The number of carbonyl (C=O) groups is 1. The number of benzene rings is 1. The first-order chi connectivity index (χ1) is 9.91. The third-order valence-corrected chi connectivity index (χ3v) is 3.74. The molecule has 2 rings (SSSR count). The maximum Gasteiger partial charge on any atom is 0.416 e. The normalized spacial score (nSPS) is 17.7. The topological polar surface area (TPSA) is 29.5 Å². The Kier molecular flexibility index (Phi) is 4.88. The highest BCUT2D eigenvalue weighted by molar-refractivity contribution is 5.78. The summed E-state index contributed by atoms with van der Waals surface area (Å²) in [6, 6.07) is 4.93. The van der Waals surface area contributed by atoms with Gasteiger partial charge in [0.05, 0.1) is 18.6 Å². The summed E-state index contributed by atoms with van der Waals surface area (Å²) in [6.07, 6.45) is -2.31. The minimum Gasteiger partial charge on any atom is -0.469 e. The predicted octanol–water partition coefficient (Wildman–Crippen LogP) is 3.06. The number of carbonyl (C=O) groups excluding carboxylic acids is 1. The summed E-state index contributed by atoms with van der Waals surface area (Å²) in [5.74, 6) is -1.18. The van der Waals surface area contributed by atoms with Crippen molar-refractivity contribution in [3.63, 3.8) is 0 Å². The summed E-state index contributed by atoms with van der Waals surface area (Å²) in [6.45, 7) is 2.13. The number of alkyl halides is 3. The number of ether oxygens (including phenoxy) is 1. The molecule has 0 N–H and O–H groups in total. The lowest BCUT2D eigenvalue weighted by atomic mass is 9.96. The Hall–Kier alpha value is -1.56. The smallest absolute Gasteiger partial charge is 0.416 e. The quantitative estimate of drug-likeness (QED) is 0.801. The van der Waals surface area contributed by atoms with Gasteiger partial charge in [-0.25, -0.2) is 0 Å². The lowest BCUT2D eigenvalue weighted by Crippen LogP contribution is -2.30. The van der Waals surface area contributed by atoms with Gasteiger partial charge in [0.1, 0.15) is 0 Å². The van der Waals surface area contributed by atoms with E-state index in [1.54, 1.807) is 6.07 Å². The van der Waals surface area contributed by atoms with E-state index in [2.05, 4.69) is 4.90 Å². The average Bonchev–Trinajstić information content (AvgIpc) is 2.96. The zero-order valence-corrected chi connectivity index (χ0v) is 11.8. The predicted molar refractivity (Wildman–Crippen MR) is 71.9 cm³/mol. The van der Waals surface area contributed by atoms with Gasteiger partial charge in [0, 0.05) is 6.54 Å². The minimum absolute atomic E-state index is 0.351. The number of likely N-dealkylation sites (tertiary alicyclic amines) is 1. The summed E-state index contributed by atoms with van der Waals surface area (Å²) < 4.78 is 43.1. The number of nitrogens with zero attached hydrogens (tertiary/aromatic N) is 1. The largest absolute Gasteiger partial charge is 0.469 e. The van der Waals surface area contributed by atoms with Gasteiger partial charge in [-0.15, -0.1) is 0 Å². The number of esters is 1. The van der Waals surface area contributed by atoms with Gasteiger partial charge in [-0.05, 0) is 37.6 Å². The van der Waals surface area contributed by atoms with Crippen molar-refractivity contribution in [1.82, 2.24) is 4.90 Å². The molecule has 3 nitrogen and oxygen atoms in total. The number of hydrogen-bond donors (Lipinski definition) is 0. The molecule has 1 atom stereocenters. The Balaban J connectivity index is 2.25. The lowest BCUT2D eigenvalue weighted by molar-refractivity contribution is -0.143. The fraction of sp³-hybridized carbons (Fsp3) is 0.533. The van der Waals surface area contributed by atoms with E-state index in [9.17, 15) is 18.0 Å². The minimum atomic E-state index is -4.41. The molecular weight excluding hydrogens is 283 g/mol. The Morgan fingerprint density at radius 3 is 2.57 bits per heavy atom. The SMILES string of the molecule is COC(=O)[C@@H](CN1CCCC1)c1cccc(C(F)(F)F)c1. The third-order valence-electron chi connectivity index (χ3n) is 3.74. The molecule has 0 unspecified atom stereocenters. The highest BCUT2D eigenvalue weighted by Crippen LogP contribution is 2.31. The summed E-state index contributed by atoms with van der Waals surface area (Å²) in [4.78, 5) is 14.0. The van der Waals surface area contributed by atoms with Gasteiger partial charge in [-0.1, -0.05) is 18.2 Å². The summed E-state index contributed by atoms with van der Waals surface area (Å²) in [5, 5.41) is 0. The summed E-state index contributed by atoms with van der Waals surface area (Å²) in [5.41, 5.74) is -0.390. The van der Waals surface area contributed by atoms with Crippen LogP contribution in [0.25, 0.3) is 0 Å². The van der Waals surface area contributed by atoms with Crippen molar-refractivity contribution < 1.29 is 22.7 Å². The Morgan fingerprint density at radius 1 is 1.33 bits per heavy atom. The second-order valence-electron chi connectivity index (χ2n) is 5.21. The van der Waals surface area contributed by atoms with Gasteiger partial charge in [0.15, 0.2) is 0 Å². The van der Waals surface area contributed by atoms with Crippen LogP contribution in [0, 0.1) is 0 Å². The zero-order chi connectivity index (χ0) is 15.5. The van der Waals surface area contributed by atoms with Crippen LogP contribution in [0.5, 0.6) is 0 Å². The second kappa shape index (κ2) is 6.47. The Morgan fingerprint density at radius 2 is 2.00 bits per heavy atom. The molecule has 0 bridgehead atoms. The third kappa shape index (κ3) is 3.97. The maximum absolute atomic E-state index is 12.8. The van der Waals surface area contributed by atoms with E-state index in [4.69, 9.17) is 4.74 Å². The maximum atomic E-state index is 12.8. The molecular formula is C15H18F3NO2. The Bertz CT molecular complexity index is 496. The first-order valence-corrected chi connectivity index (χ1v) is 6.89. The van der Waals surface area contributed by atoms with Crippen LogP contribution in [-0.2, 0) is 15.7 Å². The molecule has 1 fully saturated rings. The van der Waals surface area contributed by atoms with Crippen molar-refractivity contribution in [3.8, 4) is 0 Å². The summed E-state index contributed by atoms with van der Waals surface area (Å²) in [7, 11) is 1.26. The summed E-state index contributed by atoms with van der Waals surface area (Å²) >= 11 is 0. The number of rotatable bonds is 4. The number of methoxy groups -OCH3 is 1. The molecule has 0 saturated carbocycles. The monoisotopic (exact) mass is 301 g/mol. The molecule has 1 aromatic carbocycles. The van der Waals surface area contributed by atoms with Crippen LogP contribution in [0.3, 0.4) is 0 Å². The van der Waals surface area contributed by atoms with Crippen molar-refractivity contribution >= 4 is 5.97 Å². The molecule has 1 aromatic rings. The standard InChI is InChI=1S/C15H18F3NO2/c1-21-14(20)13(10-19-7-2-3-8-19)11-5-4-6-12(9-11)15(16,17)18/h4-6,9,13H,2-3,7-8,10H2,1H3/t13-/m0/s1. The van der Waals surface area contributed by atoms with Crippen LogP contribution in [-0.4, -0.2) is 37.6 Å². The van der Waals surface area contributed by atoms with Crippen LogP contribution in [0.15, 0.2) is 24.3 Å². The van der Waals surface area contributed by atoms with E-state index >= 15 is 0 Å². The molecule has 116 valence electrons. The van der Waals surface area contributed by atoms with Crippen LogP contribution >= 0.6 is 0 Å². The van der Waals surface area contributed by atoms with E-state index < -0.39 is 23.6 Å². The zero-order valence-electron chi connectivity index (χ0n) is 11.8. The van der Waals surface area contributed by atoms with E-state index in [-0.39, 0.29) is 0 Å². The molecule has 0 radical (unpaired) electrons. The highest BCUT2D eigenvalue weighted by Gasteiger charge is 2.32. The molecule has 0 amide bonds. The van der Waals surface area contributed by atoms with Crippen LogP contribution in [0.1, 0.15) is 29.9 Å². The van der Waals surface area contributed by atoms with E-state index in [0.29, 0.717) is 12.1 Å². The molecule has 6 heteroatoms. The van der Waals surface area contributed by atoms with Crippen LogP contribution in [0.2, 0.25) is 0 Å². The van der Waals surface area contributed by atoms with Crippen molar-refractivity contribution in [2.75, 3.05) is 26.7 Å². The van der Waals surface area contributed by atoms with Gasteiger partial charge in [0.2, 0.25) is 0 Å². The first-order valence-electron chi connectivity index (χ1n) is 6.89. The van der Waals surface area contributed by atoms with Crippen molar-refractivity contribution in [2.45, 2.75) is 24.9 Å². The molecule has 1 aliphatic heterocycles. The molecule has 1 heterocycles. The first kappa shape index (κ1) is 15.8. The molecule has 1 saturated heterocycles. The van der Waals surface area contributed by atoms with E-state index in [1.165, 1.54) is 13.2 Å². The molecule has 0 aliphatic carbocycles. The van der Waals surface area contributed by atoms with Crippen LogP contribution < -0.4 is 0 Å². The second-order valence-corrected chi connectivity index (χ2v) is 5.21. The molecule has 0 spiro atoms. The van der Waals surface area contributed by atoms with Gasteiger partial charge in [0.25, 0.3) is 0 Å². The van der Waals surface area contributed by atoms with Crippen molar-refractivity contribution in [3.05, 3.63) is 35.4 Å². The van der Waals surface area contributed by atoms with Gasteiger partial charge >= 0.3 is 12.1 Å². The molecule has 0 aromatic heterocycles.